The van der Waals surface area contributed by atoms with Crippen LogP contribution in [0.15, 0.2) is 30.3 Å². The molecular weight excluding hydrogens is 190 g/mol. The second-order valence-corrected chi connectivity index (χ2v) is 3.90. The number of benzene rings is 1. The highest BCUT2D eigenvalue weighted by atomic mass is 16.5. The lowest BCUT2D eigenvalue weighted by Gasteiger charge is -2.10. The van der Waals surface area contributed by atoms with Gasteiger partial charge in [-0.3, -0.25) is 0 Å². The molecule has 2 rings (SSSR count). The molecule has 1 unspecified atom stereocenters. The first-order valence-electron chi connectivity index (χ1n) is 5.30. The summed E-state index contributed by atoms with van der Waals surface area (Å²) in [6.07, 6.45) is 1.66. The zero-order chi connectivity index (χ0) is 10.7. The molecule has 1 aromatic rings. The second-order valence-electron chi connectivity index (χ2n) is 3.90. The van der Waals surface area contributed by atoms with Gasteiger partial charge in [0.05, 0.1) is 12.5 Å². The topological polar surface area (TPSA) is 46.3 Å². The molecule has 1 N–H and O–H groups in total. The lowest BCUT2D eigenvalue weighted by molar-refractivity contribution is -0.450. The summed E-state index contributed by atoms with van der Waals surface area (Å²) < 4.78 is 1.02. The van der Waals surface area contributed by atoms with E-state index in [9.17, 15) is 10.3 Å². The summed E-state index contributed by atoms with van der Waals surface area (Å²) in [7, 11) is 0. The molecule has 0 aliphatic carbocycles. The van der Waals surface area contributed by atoms with E-state index in [1.165, 1.54) is 0 Å². The van der Waals surface area contributed by atoms with Crippen molar-refractivity contribution in [3.63, 3.8) is 0 Å². The van der Waals surface area contributed by atoms with Crippen molar-refractivity contribution < 1.29 is 9.85 Å². The zero-order valence-corrected chi connectivity index (χ0v) is 8.60. The van der Waals surface area contributed by atoms with Crippen molar-refractivity contribution in [2.24, 2.45) is 0 Å². The van der Waals surface area contributed by atoms with Gasteiger partial charge in [-0.15, -0.1) is 0 Å². The molecule has 0 fully saturated rings. The number of hydrogen-bond donors (Lipinski definition) is 1. The Hall–Kier alpha value is -1.35. The van der Waals surface area contributed by atoms with Crippen LogP contribution in [0.5, 0.6) is 0 Å². The van der Waals surface area contributed by atoms with Gasteiger partial charge in [0.1, 0.15) is 0 Å². The molecule has 0 bridgehead atoms. The predicted molar refractivity (Wildman–Crippen MR) is 58.8 cm³/mol. The van der Waals surface area contributed by atoms with E-state index in [1.54, 1.807) is 0 Å². The van der Waals surface area contributed by atoms with E-state index in [0.29, 0.717) is 13.0 Å². The van der Waals surface area contributed by atoms with Crippen molar-refractivity contribution in [2.45, 2.75) is 25.4 Å². The Morgan fingerprint density at radius 3 is 2.67 bits per heavy atom. The van der Waals surface area contributed by atoms with Crippen LogP contribution in [-0.4, -0.2) is 22.1 Å². The maximum atomic E-state index is 11.3. The first-order chi connectivity index (χ1) is 7.27. The fraction of sp³-hybridized carbons (Fsp3) is 0.417. The Morgan fingerprint density at radius 2 is 2.07 bits per heavy atom. The second kappa shape index (κ2) is 4.45. The van der Waals surface area contributed by atoms with Crippen LogP contribution < -0.4 is 0 Å². The maximum Gasteiger partial charge on any atom is 0.166 e. The molecule has 1 aliphatic rings. The summed E-state index contributed by atoms with van der Waals surface area (Å²) in [4.78, 5) is 0. The summed E-state index contributed by atoms with van der Waals surface area (Å²) in [6.45, 7) is 0.580. The Kier molecular flexibility index (Phi) is 3.02. The van der Waals surface area contributed by atoms with E-state index in [1.807, 2.05) is 30.3 Å². The molecule has 0 saturated heterocycles. The fourth-order valence-corrected chi connectivity index (χ4v) is 1.93. The first kappa shape index (κ1) is 10.2. The molecule has 1 atom stereocenters. The number of hydroxylamine groups is 1. The molecule has 80 valence electrons. The Labute approximate surface area is 89.3 Å². The van der Waals surface area contributed by atoms with E-state index < -0.39 is 6.10 Å². The van der Waals surface area contributed by atoms with Crippen molar-refractivity contribution in [1.82, 2.24) is 0 Å². The SMILES string of the molecule is [O-][N+]1=C(CC(O)c2ccccc2)CCC1. The van der Waals surface area contributed by atoms with Gasteiger partial charge in [-0.25, -0.2) is 4.74 Å². The normalized spacial score (nSPS) is 18.2. The summed E-state index contributed by atoms with van der Waals surface area (Å²) in [5.41, 5.74) is 1.71. The van der Waals surface area contributed by atoms with Crippen molar-refractivity contribution >= 4 is 5.71 Å². The summed E-state index contributed by atoms with van der Waals surface area (Å²) in [6, 6.07) is 9.48. The Morgan fingerprint density at radius 1 is 1.33 bits per heavy atom. The van der Waals surface area contributed by atoms with Gasteiger partial charge < -0.3 is 10.3 Å². The molecule has 1 heterocycles. The minimum Gasteiger partial charge on any atom is -0.624 e. The Balaban J connectivity index is 2.04. The van der Waals surface area contributed by atoms with Crippen LogP contribution in [0.25, 0.3) is 0 Å². The standard InChI is InChI=1S/C12H15NO2/c14-12(10-5-2-1-3-6-10)9-11-7-4-8-13(11)15/h1-3,5-6,12,14H,4,7-9H2. The third-order valence-corrected chi connectivity index (χ3v) is 2.79. The molecule has 0 saturated carbocycles. The number of aliphatic hydroxyl groups excluding tert-OH is 1. The smallest absolute Gasteiger partial charge is 0.166 e. The zero-order valence-electron chi connectivity index (χ0n) is 8.60. The van der Waals surface area contributed by atoms with Crippen molar-refractivity contribution in [1.29, 1.82) is 0 Å². The third kappa shape index (κ3) is 2.36. The highest BCUT2D eigenvalue weighted by Gasteiger charge is 2.21. The van der Waals surface area contributed by atoms with Gasteiger partial charge in [0, 0.05) is 12.8 Å². The first-order valence-corrected chi connectivity index (χ1v) is 5.30. The summed E-state index contributed by atoms with van der Waals surface area (Å²) in [5, 5.41) is 21.2. The molecule has 0 aromatic heterocycles. The number of rotatable bonds is 3. The molecule has 3 nitrogen and oxygen atoms in total. The van der Waals surface area contributed by atoms with Crippen LogP contribution in [0.1, 0.15) is 30.9 Å². The van der Waals surface area contributed by atoms with Gasteiger partial charge in [0.2, 0.25) is 0 Å². The molecule has 1 aromatic carbocycles. The van der Waals surface area contributed by atoms with E-state index in [0.717, 1.165) is 28.9 Å². The summed E-state index contributed by atoms with van der Waals surface area (Å²) >= 11 is 0. The van der Waals surface area contributed by atoms with Crippen LogP contribution in [0.3, 0.4) is 0 Å². The number of aliphatic hydroxyl groups is 1. The van der Waals surface area contributed by atoms with Crippen LogP contribution in [0.4, 0.5) is 0 Å². The van der Waals surface area contributed by atoms with E-state index in [4.69, 9.17) is 0 Å². The number of hydrogen-bond acceptors (Lipinski definition) is 2. The largest absolute Gasteiger partial charge is 0.624 e. The molecule has 0 amide bonds. The monoisotopic (exact) mass is 205 g/mol. The van der Waals surface area contributed by atoms with Crippen molar-refractivity contribution in [3.8, 4) is 0 Å². The highest BCUT2D eigenvalue weighted by molar-refractivity contribution is 5.81. The predicted octanol–water partition coefficient (Wildman–Crippen LogP) is 1.86. The van der Waals surface area contributed by atoms with E-state index in [-0.39, 0.29) is 0 Å². The average molecular weight is 205 g/mol. The van der Waals surface area contributed by atoms with Crippen LogP contribution in [-0.2, 0) is 0 Å². The molecular formula is C12H15NO2. The van der Waals surface area contributed by atoms with Crippen LogP contribution in [0.2, 0.25) is 0 Å². The van der Waals surface area contributed by atoms with Gasteiger partial charge in [0.15, 0.2) is 12.3 Å². The Bertz CT molecular complexity index is 359. The van der Waals surface area contributed by atoms with E-state index >= 15 is 0 Å². The van der Waals surface area contributed by atoms with Crippen LogP contribution in [0, 0.1) is 5.21 Å². The minimum absolute atomic E-state index is 0.466. The highest BCUT2D eigenvalue weighted by Crippen LogP contribution is 2.19. The number of nitrogens with zero attached hydrogens (tertiary/aromatic N) is 1. The van der Waals surface area contributed by atoms with Crippen molar-refractivity contribution in [2.75, 3.05) is 6.54 Å². The van der Waals surface area contributed by atoms with E-state index in [2.05, 4.69) is 0 Å². The molecule has 3 heteroatoms. The molecule has 15 heavy (non-hydrogen) atoms. The molecule has 0 spiro atoms. The molecule has 0 radical (unpaired) electrons. The van der Waals surface area contributed by atoms with Gasteiger partial charge in [-0.2, -0.15) is 0 Å². The lowest BCUT2D eigenvalue weighted by Crippen LogP contribution is -2.12. The fourth-order valence-electron chi connectivity index (χ4n) is 1.93. The van der Waals surface area contributed by atoms with Gasteiger partial charge >= 0.3 is 0 Å². The van der Waals surface area contributed by atoms with Gasteiger partial charge in [-0.1, -0.05) is 30.3 Å². The van der Waals surface area contributed by atoms with Gasteiger partial charge in [0.25, 0.3) is 0 Å². The summed E-state index contributed by atoms with van der Waals surface area (Å²) in [5.74, 6) is 0. The van der Waals surface area contributed by atoms with Gasteiger partial charge in [-0.05, 0) is 5.56 Å². The lowest BCUT2D eigenvalue weighted by atomic mass is 10.0. The average Bonchev–Trinajstić information content (AvgIpc) is 2.66. The maximum absolute atomic E-state index is 11.3. The van der Waals surface area contributed by atoms with Crippen LogP contribution >= 0.6 is 0 Å². The van der Waals surface area contributed by atoms with Crippen molar-refractivity contribution in [3.05, 3.63) is 41.1 Å². The minimum atomic E-state index is -0.546. The molecule has 1 aliphatic heterocycles. The third-order valence-electron chi connectivity index (χ3n) is 2.79. The quantitative estimate of drug-likeness (QED) is 0.604.